The van der Waals surface area contributed by atoms with Gasteiger partial charge in [0.05, 0.1) is 16.3 Å². The molecule has 1 aromatic heterocycles. The fourth-order valence-corrected chi connectivity index (χ4v) is 4.21. The fourth-order valence-electron chi connectivity index (χ4n) is 3.28. The lowest BCUT2D eigenvalue weighted by Gasteiger charge is -2.09. The highest BCUT2D eigenvalue weighted by Crippen LogP contribution is 2.23. The van der Waals surface area contributed by atoms with E-state index in [0.717, 1.165) is 11.3 Å². The monoisotopic (exact) mass is 480 g/mol. The lowest BCUT2D eigenvalue weighted by atomic mass is 10.1. The Morgan fingerprint density at radius 2 is 1.70 bits per heavy atom. The number of nitrogens with zero attached hydrogens (tertiary/aromatic N) is 2. The van der Waals surface area contributed by atoms with E-state index in [1.54, 1.807) is 35.0 Å². The van der Waals surface area contributed by atoms with Crippen molar-refractivity contribution in [2.45, 2.75) is 11.4 Å². The number of amides is 1. The molecule has 0 spiro atoms. The first-order valence-electron chi connectivity index (χ1n) is 10.1. The van der Waals surface area contributed by atoms with E-state index in [1.807, 2.05) is 42.5 Å². The number of hydrogen-bond donors (Lipinski definition) is 2. The molecule has 9 heteroatoms. The quantitative estimate of drug-likeness (QED) is 0.417. The Bertz CT molecular complexity index is 1380. The third kappa shape index (κ3) is 5.14. The molecule has 168 valence electrons. The first kappa shape index (κ1) is 22.7. The molecule has 33 heavy (non-hydrogen) atoms. The SMILES string of the molecule is CNS(=O)(=O)c1cccc(CNC(=O)c2cc(-c3ccc(Cl)cc3)nn2-c2ccccc2)c1. The number of hydrogen-bond acceptors (Lipinski definition) is 4. The zero-order valence-electron chi connectivity index (χ0n) is 17.7. The third-order valence-electron chi connectivity index (χ3n) is 5.01. The van der Waals surface area contributed by atoms with Crippen molar-refractivity contribution in [2.75, 3.05) is 7.05 Å². The number of sulfonamides is 1. The third-order valence-corrected chi connectivity index (χ3v) is 6.68. The van der Waals surface area contributed by atoms with E-state index in [-0.39, 0.29) is 17.3 Å². The number of halogens is 1. The van der Waals surface area contributed by atoms with Gasteiger partial charge in [-0.2, -0.15) is 5.10 Å². The van der Waals surface area contributed by atoms with Crippen LogP contribution in [0.2, 0.25) is 5.02 Å². The molecule has 1 amide bonds. The van der Waals surface area contributed by atoms with Gasteiger partial charge < -0.3 is 5.32 Å². The van der Waals surface area contributed by atoms with Crippen molar-refractivity contribution < 1.29 is 13.2 Å². The first-order valence-corrected chi connectivity index (χ1v) is 12.0. The number of carbonyl (C=O) groups excluding carboxylic acids is 1. The Balaban J connectivity index is 1.63. The van der Waals surface area contributed by atoms with E-state index in [0.29, 0.717) is 22.0 Å². The first-order chi connectivity index (χ1) is 15.9. The maximum Gasteiger partial charge on any atom is 0.270 e. The molecule has 0 aliphatic rings. The van der Waals surface area contributed by atoms with E-state index in [2.05, 4.69) is 15.1 Å². The molecule has 3 aromatic carbocycles. The molecule has 0 saturated carbocycles. The molecular formula is C24H21ClN4O3S. The topological polar surface area (TPSA) is 93.1 Å². The van der Waals surface area contributed by atoms with Gasteiger partial charge in [0.1, 0.15) is 5.69 Å². The van der Waals surface area contributed by atoms with Gasteiger partial charge in [-0.3, -0.25) is 4.79 Å². The summed E-state index contributed by atoms with van der Waals surface area (Å²) in [7, 11) is -2.22. The van der Waals surface area contributed by atoms with E-state index >= 15 is 0 Å². The van der Waals surface area contributed by atoms with Crippen LogP contribution in [0, 0.1) is 0 Å². The van der Waals surface area contributed by atoms with Gasteiger partial charge in [0.2, 0.25) is 10.0 Å². The van der Waals surface area contributed by atoms with E-state index in [1.165, 1.54) is 19.2 Å². The summed E-state index contributed by atoms with van der Waals surface area (Å²) in [6, 6.07) is 24.7. The molecule has 2 N–H and O–H groups in total. The minimum Gasteiger partial charge on any atom is -0.347 e. The van der Waals surface area contributed by atoms with Crippen molar-refractivity contribution in [3.8, 4) is 16.9 Å². The standard InChI is InChI=1S/C24H21ClN4O3S/c1-26-33(31,32)21-9-5-6-17(14-21)16-27-24(30)23-15-22(18-10-12-19(25)13-11-18)28-29(23)20-7-3-2-4-8-20/h2-15,26H,16H2,1H3,(H,27,30). The normalized spacial score (nSPS) is 11.3. The number of nitrogens with one attached hydrogen (secondary N) is 2. The maximum atomic E-state index is 13.1. The van der Waals surface area contributed by atoms with E-state index < -0.39 is 10.0 Å². The molecule has 0 atom stereocenters. The van der Waals surface area contributed by atoms with Crippen molar-refractivity contribution >= 4 is 27.5 Å². The summed E-state index contributed by atoms with van der Waals surface area (Å²) < 4.78 is 28.0. The number of benzene rings is 3. The molecule has 0 fully saturated rings. The summed E-state index contributed by atoms with van der Waals surface area (Å²) in [6.45, 7) is 0.155. The lowest BCUT2D eigenvalue weighted by molar-refractivity contribution is 0.0943. The second kappa shape index (κ2) is 9.58. The van der Waals surface area contributed by atoms with Gasteiger partial charge in [-0.15, -0.1) is 0 Å². The van der Waals surface area contributed by atoms with Crippen LogP contribution < -0.4 is 10.0 Å². The smallest absolute Gasteiger partial charge is 0.270 e. The molecule has 4 aromatic rings. The van der Waals surface area contributed by atoms with Gasteiger partial charge >= 0.3 is 0 Å². The van der Waals surface area contributed by atoms with Gasteiger partial charge in [-0.1, -0.05) is 54.1 Å². The maximum absolute atomic E-state index is 13.1. The highest BCUT2D eigenvalue weighted by molar-refractivity contribution is 7.89. The van der Waals surface area contributed by atoms with Crippen molar-refractivity contribution in [1.82, 2.24) is 19.8 Å². The lowest BCUT2D eigenvalue weighted by Crippen LogP contribution is -2.25. The molecule has 0 aliphatic carbocycles. The zero-order chi connectivity index (χ0) is 23.4. The van der Waals surface area contributed by atoms with E-state index in [9.17, 15) is 13.2 Å². The number of carbonyl (C=O) groups is 1. The summed E-state index contributed by atoms with van der Waals surface area (Å²) >= 11 is 6.00. The Morgan fingerprint density at radius 3 is 2.39 bits per heavy atom. The summed E-state index contributed by atoms with van der Waals surface area (Å²) in [5, 5.41) is 8.11. The molecule has 0 radical (unpaired) electrons. The van der Waals surface area contributed by atoms with Gasteiger partial charge in [0, 0.05) is 17.1 Å². The Labute approximate surface area is 197 Å². The Hall–Kier alpha value is -3.46. The van der Waals surface area contributed by atoms with Crippen LogP contribution in [0.4, 0.5) is 0 Å². The highest BCUT2D eigenvalue weighted by atomic mass is 35.5. The second-order valence-electron chi connectivity index (χ2n) is 7.21. The van der Waals surface area contributed by atoms with Crippen LogP contribution in [0.15, 0.2) is 89.8 Å². The van der Waals surface area contributed by atoms with Crippen LogP contribution in [-0.2, 0) is 16.6 Å². The molecule has 0 saturated heterocycles. The molecule has 0 aliphatic heterocycles. The predicted molar refractivity (Wildman–Crippen MR) is 128 cm³/mol. The molecular weight excluding hydrogens is 460 g/mol. The minimum atomic E-state index is -3.57. The van der Waals surface area contributed by atoms with Gasteiger partial charge in [0.15, 0.2) is 0 Å². The van der Waals surface area contributed by atoms with Gasteiger partial charge in [-0.25, -0.2) is 17.8 Å². The van der Waals surface area contributed by atoms with Crippen LogP contribution in [0.1, 0.15) is 16.1 Å². The van der Waals surface area contributed by atoms with Crippen LogP contribution in [-0.4, -0.2) is 31.2 Å². The zero-order valence-corrected chi connectivity index (χ0v) is 19.3. The highest BCUT2D eigenvalue weighted by Gasteiger charge is 2.18. The van der Waals surface area contributed by atoms with Crippen molar-refractivity contribution in [2.24, 2.45) is 0 Å². The summed E-state index contributed by atoms with van der Waals surface area (Å²) in [5.74, 6) is -0.339. The summed E-state index contributed by atoms with van der Waals surface area (Å²) in [4.78, 5) is 13.3. The predicted octanol–water partition coefficient (Wildman–Crippen LogP) is 4.03. The van der Waals surface area contributed by atoms with Crippen LogP contribution in [0.3, 0.4) is 0 Å². The van der Waals surface area contributed by atoms with Gasteiger partial charge in [0.25, 0.3) is 5.91 Å². The van der Waals surface area contributed by atoms with Crippen molar-refractivity contribution in [3.63, 3.8) is 0 Å². The van der Waals surface area contributed by atoms with Crippen molar-refractivity contribution in [1.29, 1.82) is 0 Å². The second-order valence-corrected chi connectivity index (χ2v) is 9.53. The van der Waals surface area contributed by atoms with Crippen molar-refractivity contribution in [3.05, 3.63) is 101 Å². The number of aromatic nitrogens is 2. The van der Waals surface area contributed by atoms with Gasteiger partial charge in [-0.05, 0) is 55.1 Å². The summed E-state index contributed by atoms with van der Waals surface area (Å²) in [6.07, 6.45) is 0. The van der Waals surface area contributed by atoms with E-state index in [4.69, 9.17) is 11.6 Å². The number of para-hydroxylation sites is 1. The molecule has 1 heterocycles. The molecule has 7 nitrogen and oxygen atoms in total. The molecule has 0 bridgehead atoms. The van der Waals surface area contributed by atoms with Crippen LogP contribution >= 0.6 is 11.6 Å². The fraction of sp³-hybridized carbons (Fsp3) is 0.0833. The minimum absolute atomic E-state index is 0.135. The largest absolute Gasteiger partial charge is 0.347 e. The van der Waals surface area contributed by atoms with Crippen LogP contribution in [0.25, 0.3) is 16.9 Å². The van der Waals surface area contributed by atoms with Crippen LogP contribution in [0.5, 0.6) is 0 Å². The number of rotatable bonds is 7. The molecule has 4 rings (SSSR count). The molecule has 0 unspecified atom stereocenters. The summed E-state index contributed by atoms with van der Waals surface area (Å²) in [5.41, 5.74) is 3.20. The Morgan fingerprint density at radius 1 is 0.970 bits per heavy atom. The Kier molecular flexibility index (Phi) is 6.60. The average molecular weight is 481 g/mol. The average Bonchev–Trinajstić information content (AvgIpc) is 3.29.